The maximum atomic E-state index is 11.9. The lowest BCUT2D eigenvalue weighted by atomic mass is 10.2. The van der Waals surface area contributed by atoms with Crippen molar-refractivity contribution >= 4 is 17.7 Å². The summed E-state index contributed by atoms with van der Waals surface area (Å²) in [5.74, 6) is 1.92. The first kappa shape index (κ1) is 17.3. The summed E-state index contributed by atoms with van der Waals surface area (Å²) in [7, 11) is 0. The van der Waals surface area contributed by atoms with Crippen LogP contribution in [-0.2, 0) is 24.3 Å². The minimum atomic E-state index is -0.0605. The molecule has 0 fully saturated rings. The monoisotopic (exact) mass is 334 g/mol. The average molecular weight is 334 g/mol. The van der Waals surface area contributed by atoms with Gasteiger partial charge in [-0.15, -0.1) is 16.8 Å². The van der Waals surface area contributed by atoms with Crippen LogP contribution in [0.4, 0.5) is 0 Å². The topological polar surface area (TPSA) is 73.0 Å². The number of nitrogens with one attached hydrogen (secondary N) is 1. The molecule has 0 aliphatic carbocycles. The molecular formula is C16H22N4O2S. The van der Waals surface area contributed by atoms with E-state index in [2.05, 4.69) is 29.0 Å². The summed E-state index contributed by atoms with van der Waals surface area (Å²) in [6, 6.07) is 3.62. The smallest absolute Gasteiger partial charge is 0.230 e. The fraction of sp³-hybridized carbons (Fsp3) is 0.438. The molecule has 23 heavy (non-hydrogen) atoms. The summed E-state index contributed by atoms with van der Waals surface area (Å²) in [4.78, 5) is 11.9. The van der Waals surface area contributed by atoms with E-state index in [0.29, 0.717) is 18.8 Å². The van der Waals surface area contributed by atoms with Crippen LogP contribution in [0.5, 0.6) is 0 Å². The van der Waals surface area contributed by atoms with Crippen molar-refractivity contribution < 1.29 is 9.21 Å². The normalized spacial score (nSPS) is 10.7. The van der Waals surface area contributed by atoms with Crippen LogP contribution in [0.1, 0.15) is 31.4 Å². The van der Waals surface area contributed by atoms with Crippen LogP contribution in [-0.4, -0.2) is 26.4 Å². The van der Waals surface area contributed by atoms with Crippen molar-refractivity contribution in [2.75, 3.05) is 5.75 Å². The Bertz CT molecular complexity index is 622. The number of amides is 1. The number of hydrogen-bond donors (Lipinski definition) is 1. The number of thioether (sulfide) groups is 1. The molecule has 7 heteroatoms. The van der Waals surface area contributed by atoms with Crippen LogP contribution in [0, 0.1) is 0 Å². The molecule has 1 N–H and O–H groups in total. The van der Waals surface area contributed by atoms with E-state index in [1.54, 1.807) is 12.3 Å². The van der Waals surface area contributed by atoms with E-state index < -0.39 is 0 Å². The molecule has 124 valence electrons. The van der Waals surface area contributed by atoms with Gasteiger partial charge in [-0.2, -0.15) is 0 Å². The zero-order chi connectivity index (χ0) is 16.5. The van der Waals surface area contributed by atoms with Crippen LogP contribution in [0.3, 0.4) is 0 Å². The molecule has 0 spiro atoms. The molecule has 0 atom stereocenters. The van der Waals surface area contributed by atoms with E-state index in [0.717, 1.165) is 36.0 Å². The summed E-state index contributed by atoms with van der Waals surface area (Å²) in [6.45, 7) is 6.97. The summed E-state index contributed by atoms with van der Waals surface area (Å²) in [6.07, 6.45) is 6.48. The van der Waals surface area contributed by atoms with E-state index in [1.807, 2.05) is 16.7 Å². The van der Waals surface area contributed by atoms with Crippen LogP contribution in [0.15, 0.2) is 40.6 Å². The maximum Gasteiger partial charge on any atom is 0.230 e. The molecule has 0 aliphatic rings. The van der Waals surface area contributed by atoms with Crippen molar-refractivity contribution in [1.82, 2.24) is 20.1 Å². The molecule has 0 bridgehead atoms. The molecule has 2 rings (SSSR count). The number of rotatable bonds is 10. The highest BCUT2D eigenvalue weighted by atomic mass is 32.2. The molecule has 0 saturated heterocycles. The molecule has 2 aromatic heterocycles. The predicted octanol–water partition coefficient (Wildman–Crippen LogP) is 2.81. The van der Waals surface area contributed by atoms with Crippen molar-refractivity contribution in [3.8, 4) is 0 Å². The third-order valence-corrected chi connectivity index (χ3v) is 4.20. The highest BCUT2D eigenvalue weighted by Crippen LogP contribution is 2.18. The molecule has 2 heterocycles. The van der Waals surface area contributed by atoms with Crippen molar-refractivity contribution in [1.29, 1.82) is 0 Å². The minimum Gasteiger partial charge on any atom is -0.467 e. The fourth-order valence-electron chi connectivity index (χ4n) is 2.04. The molecule has 0 radical (unpaired) electrons. The van der Waals surface area contributed by atoms with Crippen molar-refractivity contribution in [2.24, 2.45) is 0 Å². The summed E-state index contributed by atoms with van der Waals surface area (Å²) >= 11 is 1.39. The second-order valence-corrected chi connectivity index (χ2v) is 5.99. The Balaban J connectivity index is 1.87. The highest BCUT2D eigenvalue weighted by Gasteiger charge is 2.13. The van der Waals surface area contributed by atoms with Gasteiger partial charge in [0.1, 0.15) is 11.6 Å². The Kier molecular flexibility index (Phi) is 6.93. The maximum absolute atomic E-state index is 11.9. The van der Waals surface area contributed by atoms with Crippen molar-refractivity contribution in [3.05, 3.63) is 42.6 Å². The lowest BCUT2D eigenvalue weighted by molar-refractivity contribution is -0.118. The van der Waals surface area contributed by atoms with Gasteiger partial charge in [-0.05, 0) is 18.6 Å². The van der Waals surface area contributed by atoms with Crippen LogP contribution >= 0.6 is 11.8 Å². The van der Waals surface area contributed by atoms with Gasteiger partial charge in [0, 0.05) is 13.0 Å². The quantitative estimate of drug-likeness (QED) is 0.534. The van der Waals surface area contributed by atoms with E-state index in [9.17, 15) is 4.79 Å². The molecule has 0 saturated carbocycles. The summed E-state index contributed by atoms with van der Waals surface area (Å²) < 4.78 is 7.20. The third kappa shape index (κ3) is 5.28. The minimum absolute atomic E-state index is 0.0605. The molecule has 1 amide bonds. The van der Waals surface area contributed by atoms with Crippen LogP contribution < -0.4 is 5.32 Å². The van der Waals surface area contributed by atoms with E-state index in [4.69, 9.17) is 4.42 Å². The first-order chi connectivity index (χ1) is 11.2. The SMILES string of the molecule is C=CCn1c(CCCC)nnc1SCC(=O)NCc1ccco1. The molecular weight excluding hydrogens is 312 g/mol. The number of allylic oxidation sites excluding steroid dienone is 1. The number of furan rings is 1. The Hall–Kier alpha value is -2.02. The molecule has 0 unspecified atom stereocenters. The molecule has 6 nitrogen and oxygen atoms in total. The Morgan fingerprint density at radius 3 is 3.09 bits per heavy atom. The predicted molar refractivity (Wildman–Crippen MR) is 90.1 cm³/mol. The van der Waals surface area contributed by atoms with E-state index in [-0.39, 0.29) is 5.91 Å². The zero-order valence-corrected chi connectivity index (χ0v) is 14.1. The molecule has 2 aromatic rings. The number of carbonyl (C=O) groups is 1. The zero-order valence-electron chi connectivity index (χ0n) is 13.3. The standard InChI is InChI=1S/C16H22N4O2S/c1-3-5-8-14-18-19-16(20(14)9-4-2)23-12-15(21)17-11-13-7-6-10-22-13/h4,6-7,10H,2-3,5,8-9,11-12H2,1H3,(H,17,21). The van der Waals surface area contributed by atoms with Gasteiger partial charge in [0.05, 0.1) is 18.6 Å². The number of unbranched alkanes of at least 4 members (excludes halogenated alkanes) is 1. The first-order valence-electron chi connectivity index (χ1n) is 7.69. The van der Waals surface area contributed by atoms with E-state index >= 15 is 0 Å². The fourth-order valence-corrected chi connectivity index (χ4v) is 2.83. The second kappa shape index (κ2) is 9.19. The average Bonchev–Trinajstić information content (AvgIpc) is 3.20. The van der Waals surface area contributed by atoms with Gasteiger partial charge in [-0.25, -0.2) is 0 Å². The number of hydrogen-bond acceptors (Lipinski definition) is 5. The summed E-state index contributed by atoms with van der Waals surface area (Å²) in [5, 5.41) is 12.0. The number of carbonyl (C=O) groups excluding carboxylic acids is 1. The van der Waals surface area contributed by atoms with Crippen LogP contribution in [0.2, 0.25) is 0 Å². The van der Waals surface area contributed by atoms with Gasteiger partial charge < -0.3 is 14.3 Å². The number of aryl methyl sites for hydroxylation is 1. The molecule has 0 aliphatic heterocycles. The Morgan fingerprint density at radius 1 is 1.52 bits per heavy atom. The van der Waals surface area contributed by atoms with Gasteiger partial charge in [-0.1, -0.05) is 31.2 Å². The third-order valence-electron chi connectivity index (χ3n) is 3.23. The lowest BCUT2D eigenvalue weighted by Crippen LogP contribution is -2.24. The van der Waals surface area contributed by atoms with E-state index in [1.165, 1.54) is 11.8 Å². The lowest BCUT2D eigenvalue weighted by Gasteiger charge is -2.07. The van der Waals surface area contributed by atoms with Crippen molar-refractivity contribution in [3.63, 3.8) is 0 Å². The Labute approximate surface area is 140 Å². The van der Waals surface area contributed by atoms with Gasteiger partial charge >= 0.3 is 0 Å². The van der Waals surface area contributed by atoms with Gasteiger partial charge in [0.15, 0.2) is 5.16 Å². The second-order valence-electron chi connectivity index (χ2n) is 5.05. The first-order valence-corrected chi connectivity index (χ1v) is 8.68. The van der Waals surface area contributed by atoms with Gasteiger partial charge in [-0.3, -0.25) is 4.79 Å². The van der Waals surface area contributed by atoms with Crippen LogP contribution in [0.25, 0.3) is 0 Å². The number of aromatic nitrogens is 3. The number of nitrogens with zero attached hydrogens (tertiary/aromatic N) is 3. The largest absolute Gasteiger partial charge is 0.467 e. The highest BCUT2D eigenvalue weighted by molar-refractivity contribution is 7.99. The van der Waals surface area contributed by atoms with Gasteiger partial charge in [0.2, 0.25) is 5.91 Å². The Morgan fingerprint density at radius 2 is 2.39 bits per heavy atom. The van der Waals surface area contributed by atoms with Crippen molar-refractivity contribution in [2.45, 2.75) is 44.4 Å². The van der Waals surface area contributed by atoms with Gasteiger partial charge in [0.25, 0.3) is 0 Å². The molecule has 0 aromatic carbocycles. The summed E-state index contributed by atoms with van der Waals surface area (Å²) in [5.41, 5.74) is 0.